The van der Waals surface area contributed by atoms with Crippen molar-refractivity contribution in [2.24, 2.45) is 0 Å². The van der Waals surface area contributed by atoms with Crippen molar-refractivity contribution < 1.29 is 0 Å². The molecule has 0 amide bonds. The Balaban J connectivity index is 2.02. The first-order chi connectivity index (χ1) is 7.15. The highest BCUT2D eigenvalue weighted by Crippen LogP contribution is 2.26. The van der Waals surface area contributed by atoms with Gasteiger partial charge in [0.1, 0.15) is 0 Å². The smallest absolute Gasteiger partial charge is 0.0612 e. The Kier molecular flexibility index (Phi) is 3.39. The maximum Gasteiger partial charge on any atom is 0.0612 e. The molecule has 0 aromatic heterocycles. The van der Waals surface area contributed by atoms with Gasteiger partial charge in [0, 0.05) is 18.3 Å². The zero-order valence-corrected chi connectivity index (χ0v) is 10.1. The average Bonchev–Trinajstić information content (AvgIpc) is 2.58. The molecule has 0 radical (unpaired) electrons. The van der Waals surface area contributed by atoms with Crippen molar-refractivity contribution in [1.82, 2.24) is 4.90 Å². The molecule has 1 fully saturated rings. The Hall–Kier alpha value is -0.440. The number of rotatable bonds is 2. The molecule has 2 rings (SSSR count). The molecule has 0 spiro atoms. The monoisotopic (exact) mass is 244 g/mol. The largest absolute Gasteiger partial charge is 0.381 e. The Morgan fingerprint density at radius 3 is 2.73 bits per heavy atom. The van der Waals surface area contributed by atoms with E-state index in [1.807, 2.05) is 18.2 Å². The normalized spacial score (nSPS) is 21.9. The molecule has 1 aliphatic heterocycles. The third kappa shape index (κ3) is 2.77. The van der Waals surface area contributed by atoms with E-state index in [-0.39, 0.29) is 0 Å². The molecule has 1 unspecified atom stereocenters. The second-order valence-electron chi connectivity index (χ2n) is 4.02. The Morgan fingerprint density at radius 2 is 2.13 bits per heavy atom. The Bertz CT molecular complexity index is 354. The standard InChI is InChI=1S/C11H14Cl2N2/c1-15-5-4-9(7-15)14-8-2-3-10(12)11(13)6-8/h2-3,6,9,14H,4-5,7H2,1H3. The molecule has 1 aromatic carbocycles. The molecule has 4 heteroatoms. The summed E-state index contributed by atoms with van der Waals surface area (Å²) in [6, 6.07) is 6.19. The Labute approximate surface area is 100 Å². The van der Waals surface area contributed by atoms with Gasteiger partial charge in [-0.05, 0) is 38.2 Å². The van der Waals surface area contributed by atoms with Gasteiger partial charge in [-0.25, -0.2) is 0 Å². The summed E-state index contributed by atoms with van der Waals surface area (Å²) >= 11 is 11.8. The van der Waals surface area contributed by atoms with E-state index in [1.54, 1.807) is 0 Å². The summed E-state index contributed by atoms with van der Waals surface area (Å²) in [5.41, 5.74) is 1.05. The van der Waals surface area contributed by atoms with Crippen LogP contribution in [0.1, 0.15) is 6.42 Å². The van der Waals surface area contributed by atoms with Crippen LogP contribution in [0, 0.1) is 0 Å². The molecule has 15 heavy (non-hydrogen) atoms. The van der Waals surface area contributed by atoms with Crippen LogP contribution in [0.25, 0.3) is 0 Å². The van der Waals surface area contributed by atoms with Gasteiger partial charge in [0.15, 0.2) is 0 Å². The van der Waals surface area contributed by atoms with E-state index in [1.165, 1.54) is 6.42 Å². The highest BCUT2D eigenvalue weighted by Gasteiger charge is 2.18. The molecule has 1 saturated heterocycles. The van der Waals surface area contributed by atoms with Gasteiger partial charge in [0.2, 0.25) is 0 Å². The zero-order chi connectivity index (χ0) is 10.8. The zero-order valence-electron chi connectivity index (χ0n) is 8.63. The van der Waals surface area contributed by atoms with Crippen LogP contribution in [0.5, 0.6) is 0 Å². The number of likely N-dealkylation sites (tertiary alicyclic amines) is 1. The molecule has 2 nitrogen and oxygen atoms in total. The van der Waals surface area contributed by atoms with Crippen LogP contribution in [0.3, 0.4) is 0 Å². The SMILES string of the molecule is CN1CCC(Nc2ccc(Cl)c(Cl)c2)C1. The maximum absolute atomic E-state index is 5.95. The summed E-state index contributed by atoms with van der Waals surface area (Å²) in [6.07, 6.45) is 1.18. The molecule has 1 N–H and O–H groups in total. The fourth-order valence-electron chi connectivity index (χ4n) is 1.87. The van der Waals surface area contributed by atoms with Gasteiger partial charge in [-0.3, -0.25) is 0 Å². The van der Waals surface area contributed by atoms with Gasteiger partial charge in [-0.15, -0.1) is 0 Å². The first-order valence-corrected chi connectivity index (χ1v) is 5.81. The minimum Gasteiger partial charge on any atom is -0.381 e. The topological polar surface area (TPSA) is 15.3 Å². The number of anilines is 1. The van der Waals surface area contributed by atoms with Crippen molar-refractivity contribution >= 4 is 28.9 Å². The quantitative estimate of drug-likeness (QED) is 0.861. The third-order valence-electron chi connectivity index (χ3n) is 2.68. The van der Waals surface area contributed by atoms with Crippen molar-refractivity contribution in [3.8, 4) is 0 Å². The van der Waals surface area contributed by atoms with E-state index in [0.29, 0.717) is 16.1 Å². The lowest BCUT2D eigenvalue weighted by molar-refractivity contribution is 0.414. The second kappa shape index (κ2) is 4.60. The molecule has 82 valence electrons. The molecule has 1 atom stereocenters. The number of nitrogens with one attached hydrogen (secondary N) is 1. The van der Waals surface area contributed by atoms with E-state index in [4.69, 9.17) is 23.2 Å². The summed E-state index contributed by atoms with van der Waals surface area (Å²) in [5, 5.41) is 4.66. The van der Waals surface area contributed by atoms with Crippen LogP contribution in [0.4, 0.5) is 5.69 Å². The first kappa shape index (κ1) is 11.1. The van der Waals surface area contributed by atoms with Crippen LogP contribution in [-0.4, -0.2) is 31.1 Å². The fraction of sp³-hybridized carbons (Fsp3) is 0.455. The fourth-order valence-corrected chi connectivity index (χ4v) is 2.17. The van der Waals surface area contributed by atoms with E-state index in [2.05, 4.69) is 17.3 Å². The predicted molar refractivity (Wildman–Crippen MR) is 66.0 cm³/mol. The minimum absolute atomic E-state index is 0.521. The van der Waals surface area contributed by atoms with Gasteiger partial charge in [-0.2, -0.15) is 0 Å². The highest BCUT2D eigenvalue weighted by atomic mass is 35.5. The maximum atomic E-state index is 5.95. The number of nitrogens with zero attached hydrogens (tertiary/aromatic N) is 1. The predicted octanol–water partition coefficient (Wildman–Crippen LogP) is 3.11. The van der Waals surface area contributed by atoms with E-state index in [0.717, 1.165) is 18.8 Å². The van der Waals surface area contributed by atoms with Gasteiger partial charge in [0.25, 0.3) is 0 Å². The highest BCUT2D eigenvalue weighted by molar-refractivity contribution is 6.42. The first-order valence-electron chi connectivity index (χ1n) is 5.05. The lowest BCUT2D eigenvalue weighted by atomic mass is 10.2. The number of likely N-dealkylation sites (N-methyl/N-ethyl adjacent to an activating group) is 1. The van der Waals surface area contributed by atoms with E-state index < -0.39 is 0 Å². The molecular weight excluding hydrogens is 231 g/mol. The summed E-state index contributed by atoms with van der Waals surface area (Å²) < 4.78 is 0. The van der Waals surface area contributed by atoms with E-state index >= 15 is 0 Å². The number of hydrogen-bond acceptors (Lipinski definition) is 2. The summed E-state index contributed by atoms with van der Waals surface area (Å²) in [5.74, 6) is 0. The molecule has 1 aromatic rings. The lowest BCUT2D eigenvalue weighted by Gasteiger charge is -2.14. The van der Waals surface area contributed by atoms with E-state index in [9.17, 15) is 0 Å². The van der Waals surface area contributed by atoms with Crippen molar-refractivity contribution in [3.05, 3.63) is 28.2 Å². The van der Waals surface area contributed by atoms with Crippen LogP contribution >= 0.6 is 23.2 Å². The number of benzene rings is 1. The van der Waals surface area contributed by atoms with Crippen LogP contribution < -0.4 is 5.32 Å². The average molecular weight is 245 g/mol. The lowest BCUT2D eigenvalue weighted by Crippen LogP contribution is -2.23. The van der Waals surface area contributed by atoms with Gasteiger partial charge in [0.05, 0.1) is 10.0 Å². The van der Waals surface area contributed by atoms with Gasteiger partial charge in [-0.1, -0.05) is 23.2 Å². The molecule has 1 heterocycles. The van der Waals surface area contributed by atoms with Crippen molar-refractivity contribution in [3.63, 3.8) is 0 Å². The molecule has 0 saturated carbocycles. The number of halogens is 2. The molecule has 1 aliphatic rings. The van der Waals surface area contributed by atoms with Gasteiger partial charge < -0.3 is 10.2 Å². The summed E-state index contributed by atoms with van der Waals surface area (Å²) in [7, 11) is 2.14. The minimum atomic E-state index is 0.521. The van der Waals surface area contributed by atoms with Crippen LogP contribution in [0.2, 0.25) is 10.0 Å². The summed E-state index contributed by atoms with van der Waals surface area (Å²) in [4.78, 5) is 2.31. The second-order valence-corrected chi connectivity index (χ2v) is 4.84. The van der Waals surface area contributed by atoms with Gasteiger partial charge >= 0.3 is 0 Å². The van der Waals surface area contributed by atoms with Crippen molar-refractivity contribution in [1.29, 1.82) is 0 Å². The molecule has 0 aliphatic carbocycles. The molecule has 0 bridgehead atoms. The Morgan fingerprint density at radius 1 is 1.33 bits per heavy atom. The molecular formula is C11H14Cl2N2. The third-order valence-corrected chi connectivity index (χ3v) is 3.42. The van der Waals surface area contributed by atoms with Crippen molar-refractivity contribution in [2.75, 3.05) is 25.5 Å². The van der Waals surface area contributed by atoms with Crippen molar-refractivity contribution in [2.45, 2.75) is 12.5 Å². The van der Waals surface area contributed by atoms with Crippen LogP contribution in [0.15, 0.2) is 18.2 Å². The van der Waals surface area contributed by atoms with Crippen LogP contribution in [-0.2, 0) is 0 Å². The summed E-state index contributed by atoms with van der Waals surface area (Å²) in [6.45, 7) is 2.24. The number of hydrogen-bond donors (Lipinski definition) is 1.